The van der Waals surface area contributed by atoms with Crippen molar-refractivity contribution in [3.63, 3.8) is 0 Å². The molecule has 1 heterocycles. The Kier molecular flexibility index (Phi) is 33.9. The van der Waals surface area contributed by atoms with Crippen LogP contribution in [0.4, 0.5) is 0 Å². The topological polar surface area (TPSA) is 340 Å². The smallest absolute Gasteiger partial charge is 0.370 e. The summed E-state index contributed by atoms with van der Waals surface area (Å²) in [5.41, 5.74) is -4.09. The molecule has 1 fully saturated rings. The van der Waals surface area contributed by atoms with E-state index in [1.54, 1.807) is 0 Å². The number of rotatable bonds is 44. The number of ether oxygens (including phenoxy) is 4. The minimum atomic E-state index is -6.40. The van der Waals surface area contributed by atoms with E-state index in [2.05, 4.69) is 13.8 Å². The Morgan fingerprint density at radius 2 is 0.935 bits per heavy atom. The highest BCUT2D eigenvalue weighted by Gasteiger charge is 2.75. The van der Waals surface area contributed by atoms with E-state index in [4.69, 9.17) is 18.9 Å². The number of hydrogen-bond donors (Lipinski definition) is 4. The molecule has 450 valence electrons. The minimum Gasteiger partial charge on any atom is -0.445 e. The van der Waals surface area contributed by atoms with Crippen LogP contribution < -0.4 is 0 Å². The van der Waals surface area contributed by atoms with Crippen LogP contribution in [-0.2, 0) is 83.4 Å². The molecule has 0 amide bonds. The summed E-state index contributed by atoms with van der Waals surface area (Å²) in [6.07, 6.45) is 13.7. The van der Waals surface area contributed by atoms with Gasteiger partial charge in [-0.1, -0.05) is 214 Å². The molecule has 0 aliphatic carbocycles. The fraction of sp³-hybridized carbons (Fsp3) is 0.865. The largest absolute Gasteiger partial charge is 0.445 e. The lowest BCUT2D eigenvalue weighted by molar-refractivity contribution is -0.205. The SMILES string of the molecule is CCCCCCCCCCCC/C=C(/OC(CCCCCCCCCCCC)(C(=O)OC1(CCCCCCCC)C(=O)OC(=O)C(S(=O)(=O)O)CC(=O)OC(=O)C1(CCCCCCCC)S(=O)(=O)O)S(=O)(=O)O)S(=O)(=O)O. The molecule has 0 saturated carbocycles. The Labute approximate surface area is 459 Å². The highest BCUT2D eigenvalue weighted by molar-refractivity contribution is 7.90. The molecule has 0 spiro atoms. The summed E-state index contributed by atoms with van der Waals surface area (Å²) < 4.78 is 168. The van der Waals surface area contributed by atoms with Crippen LogP contribution in [0.2, 0.25) is 0 Å². The quantitative estimate of drug-likeness (QED) is 0.0110. The third-order valence-electron chi connectivity index (χ3n) is 14.1. The standard InChI is InChI=1S/C52H92O21S4/c1-5-9-13-17-21-23-25-26-28-30-34-38-45(75(61,62)63)72-52(77(67,68)69,41-37-33-29-27-24-22-18-14-10-6-2)49(57)73-50(39-35-31-19-15-11-7-3)47(55)71-46(54)43(74(58,59)60)42-44(53)70-48(56)51(50,76(64,65)66)40-36-32-20-16-12-8-4/h38,43H,5-37,39-42H2,1-4H3,(H,58,59,60)(H,61,62,63)(H,64,65,66)(H,67,68,69)/b45-38-. The molecule has 77 heavy (non-hydrogen) atoms. The van der Waals surface area contributed by atoms with Gasteiger partial charge >= 0.3 is 55.0 Å². The van der Waals surface area contributed by atoms with Gasteiger partial charge in [0.05, 0.1) is 6.42 Å². The lowest BCUT2D eigenvalue weighted by Gasteiger charge is -2.44. The van der Waals surface area contributed by atoms with Crippen molar-refractivity contribution in [3.8, 4) is 0 Å². The first-order valence-electron chi connectivity index (χ1n) is 28.2. The van der Waals surface area contributed by atoms with Crippen molar-refractivity contribution in [2.75, 3.05) is 0 Å². The maximum Gasteiger partial charge on any atom is 0.370 e. The lowest BCUT2D eigenvalue weighted by atomic mass is 9.77. The fourth-order valence-electron chi connectivity index (χ4n) is 9.57. The predicted molar refractivity (Wildman–Crippen MR) is 289 cm³/mol. The summed E-state index contributed by atoms with van der Waals surface area (Å²) in [7, 11) is -24.1. The number of carbonyl (C=O) groups is 5. The summed E-state index contributed by atoms with van der Waals surface area (Å²) in [5, 5.41) is -4.61. The van der Waals surface area contributed by atoms with E-state index in [1.807, 2.05) is 13.8 Å². The van der Waals surface area contributed by atoms with Gasteiger partial charge in [-0.05, 0) is 38.2 Å². The average molecular weight is 1180 g/mol. The van der Waals surface area contributed by atoms with E-state index < -0.39 is 141 Å². The Morgan fingerprint density at radius 1 is 0.545 bits per heavy atom. The van der Waals surface area contributed by atoms with E-state index in [-0.39, 0.29) is 32.1 Å². The summed E-state index contributed by atoms with van der Waals surface area (Å²) in [6, 6.07) is 0. The monoisotopic (exact) mass is 1180 g/mol. The van der Waals surface area contributed by atoms with Crippen molar-refractivity contribution in [2.45, 2.75) is 286 Å². The van der Waals surface area contributed by atoms with Crippen LogP contribution in [0.5, 0.6) is 0 Å². The normalized spacial score (nSPS) is 20.1. The fourth-order valence-corrected chi connectivity index (χ4v) is 13.0. The van der Waals surface area contributed by atoms with E-state index >= 15 is 9.59 Å². The van der Waals surface area contributed by atoms with Crippen LogP contribution in [0, 0.1) is 0 Å². The number of carbonyl (C=O) groups excluding carboxylic acids is 5. The number of hydrogen-bond acceptors (Lipinski definition) is 17. The molecular weight excluding hydrogens is 1090 g/mol. The van der Waals surface area contributed by atoms with Gasteiger partial charge in [0.1, 0.15) is 0 Å². The molecule has 25 heteroatoms. The Morgan fingerprint density at radius 3 is 1.32 bits per heavy atom. The van der Waals surface area contributed by atoms with E-state index in [9.17, 15) is 66.3 Å². The van der Waals surface area contributed by atoms with Gasteiger partial charge in [-0.3, -0.25) is 27.8 Å². The predicted octanol–water partition coefficient (Wildman–Crippen LogP) is 11.1. The van der Waals surface area contributed by atoms with Crippen molar-refractivity contribution in [1.82, 2.24) is 0 Å². The van der Waals surface area contributed by atoms with Crippen LogP contribution in [0.15, 0.2) is 11.2 Å². The summed E-state index contributed by atoms with van der Waals surface area (Å²) >= 11 is 0. The van der Waals surface area contributed by atoms with Gasteiger partial charge in [-0.2, -0.15) is 33.7 Å². The highest BCUT2D eigenvalue weighted by atomic mass is 32.2. The Hall–Kier alpha value is -3.07. The minimum absolute atomic E-state index is 0.00608. The van der Waals surface area contributed by atoms with Gasteiger partial charge in [-0.15, -0.1) is 0 Å². The molecule has 0 aromatic carbocycles. The number of esters is 5. The third kappa shape index (κ3) is 23.9. The zero-order valence-corrected chi connectivity index (χ0v) is 49.4. The maximum absolute atomic E-state index is 15.4. The van der Waals surface area contributed by atoms with Crippen LogP contribution in [-0.4, -0.2) is 102 Å². The molecule has 0 aromatic rings. The van der Waals surface area contributed by atoms with Crippen LogP contribution in [0.25, 0.3) is 0 Å². The van der Waals surface area contributed by atoms with Crippen molar-refractivity contribution in [3.05, 3.63) is 11.2 Å². The third-order valence-corrected chi connectivity index (χ3v) is 18.8. The van der Waals surface area contributed by atoms with Crippen LogP contribution in [0.3, 0.4) is 0 Å². The van der Waals surface area contributed by atoms with E-state index in [0.29, 0.717) is 57.8 Å². The number of cyclic esters (lactones) is 4. The molecule has 4 unspecified atom stereocenters. The first-order chi connectivity index (χ1) is 36.2. The molecular formula is C52H92O21S4. The van der Waals surface area contributed by atoms with Gasteiger partial charge in [0.2, 0.25) is 15.4 Å². The second kappa shape index (κ2) is 36.3. The van der Waals surface area contributed by atoms with E-state index in [0.717, 1.165) is 109 Å². The van der Waals surface area contributed by atoms with Gasteiger partial charge in [0, 0.05) is 12.8 Å². The molecule has 0 bridgehead atoms. The first kappa shape index (κ1) is 71.9. The zero-order chi connectivity index (χ0) is 58.2. The summed E-state index contributed by atoms with van der Waals surface area (Å²) in [4.78, 5) is 68.1. The average Bonchev–Trinajstić information content (AvgIpc) is 3.33. The molecule has 1 rings (SSSR count). The summed E-state index contributed by atoms with van der Waals surface area (Å²) in [6.45, 7) is 7.96. The van der Waals surface area contributed by atoms with Gasteiger partial charge < -0.3 is 18.9 Å². The molecule has 4 atom stereocenters. The molecule has 0 radical (unpaired) electrons. The summed E-state index contributed by atoms with van der Waals surface area (Å²) in [5.74, 6) is -11.6. The number of unbranched alkanes of at least 4 members (excludes halogenated alkanes) is 29. The van der Waals surface area contributed by atoms with Crippen molar-refractivity contribution in [1.29, 1.82) is 0 Å². The molecule has 0 aromatic heterocycles. The molecule has 4 N–H and O–H groups in total. The molecule has 1 saturated heterocycles. The van der Waals surface area contributed by atoms with Crippen LogP contribution >= 0.6 is 0 Å². The zero-order valence-electron chi connectivity index (χ0n) is 46.2. The highest BCUT2D eigenvalue weighted by Crippen LogP contribution is 2.47. The number of allylic oxidation sites excluding steroid dienone is 1. The van der Waals surface area contributed by atoms with Crippen molar-refractivity contribution in [2.24, 2.45) is 0 Å². The van der Waals surface area contributed by atoms with Crippen molar-refractivity contribution >= 4 is 70.3 Å². The van der Waals surface area contributed by atoms with Crippen LogP contribution in [0.1, 0.15) is 265 Å². The Bertz CT molecular complexity index is 2300. The second-order valence-electron chi connectivity index (χ2n) is 20.5. The second-order valence-corrected chi connectivity index (χ2v) is 26.7. The van der Waals surface area contributed by atoms with Crippen molar-refractivity contribution < 1.29 is 94.8 Å². The first-order valence-corrected chi connectivity index (χ1v) is 34.0. The lowest BCUT2D eigenvalue weighted by Crippen LogP contribution is -2.71. The maximum atomic E-state index is 15.4. The molecule has 1 aliphatic rings. The van der Waals surface area contributed by atoms with Gasteiger partial charge in [0.25, 0.3) is 20.2 Å². The van der Waals surface area contributed by atoms with Gasteiger partial charge in [-0.25, -0.2) is 14.4 Å². The van der Waals surface area contributed by atoms with Gasteiger partial charge in [0.15, 0.2) is 5.25 Å². The molecule has 21 nitrogen and oxygen atoms in total. The Balaban J connectivity index is 4.38. The molecule has 1 aliphatic heterocycles. The van der Waals surface area contributed by atoms with E-state index in [1.165, 1.54) is 0 Å².